The van der Waals surface area contributed by atoms with E-state index < -0.39 is 0 Å². The number of nitrogens with zero attached hydrogens (tertiary/aromatic N) is 3. The third-order valence-electron chi connectivity index (χ3n) is 3.26. The average Bonchev–Trinajstić information content (AvgIpc) is 2.45. The SMILES string of the molecule is Cc1cccc(CN(C)c2ccc(CNC(C)C)cn2)n1. The van der Waals surface area contributed by atoms with E-state index in [1.165, 1.54) is 5.56 Å². The van der Waals surface area contributed by atoms with Crippen LogP contribution in [0.25, 0.3) is 0 Å². The third-order valence-corrected chi connectivity index (χ3v) is 3.26. The zero-order valence-electron chi connectivity index (χ0n) is 13.3. The van der Waals surface area contributed by atoms with Crippen LogP contribution in [0, 0.1) is 6.92 Å². The number of anilines is 1. The first-order chi connectivity index (χ1) is 10.0. The molecule has 1 N–H and O–H groups in total. The smallest absolute Gasteiger partial charge is 0.128 e. The Hall–Kier alpha value is -1.94. The Morgan fingerprint density at radius 2 is 2.00 bits per heavy atom. The summed E-state index contributed by atoms with van der Waals surface area (Å²) in [5.74, 6) is 0.964. The van der Waals surface area contributed by atoms with Gasteiger partial charge in [0.2, 0.25) is 0 Å². The van der Waals surface area contributed by atoms with Gasteiger partial charge >= 0.3 is 0 Å². The lowest BCUT2D eigenvalue weighted by Gasteiger charge is -2.18. The molecule has 0 aliphatic heterocycles. The molecule has 2 aromatic heterocycles. The molecule has 0 aliphatic rings. The molecule has 0 aliphatic carbocycles. The second-order valence-corrected chi connectivity index (χ2v) is 5.69. The van der Waals surface area contributed by atoms with Crippen molar-refractivity contribution >= 4 is 5.82 Å². The highest BCUT2D eigenvalue weighted by molar-refractivity contribution is 5.38. The highest BCUT2D eigenvalue weighted by atomic mass is 15.2. The van der Waals surface area contributed by atoms with Crippen molar-refractivity contribution in [2.75, 3.05) is 11.9 Å². The summed E-state index contributed by atoms with van der Waals surface area (Å²) >= 11 is 0. The summed E-state index contributed by atoms with van der Waals surface area (Å²) in [5, 5.41) is 3.39. The van der Waals surface area contributed by atoms with Crippen LogP contribution in [-0.2, 0) is 13.1 Å². The van der Waals surface area contributed by atoms with Crippen LogP contribution in [0.1, 0.15) is 30.8 Å². The van der Waals surface area contributed by atoms with E-state index in [0.717, 1.165) is 30.3 Å². The van der Waals surface area contributed by atoms with Gasteiger partial charge in [-0.15, -0.1) is 0 Å². The van der Waals surface area contributed by atoms with Crippen molar-refractivity contribution in [2.24, 2.45) is 0 Å². The maximum absolute atomic E-state index is 4.53. The summed E-state index contributed by atoms with van der Waals surface area (Å²) in [6.45, 7) is 7.92. The minimum Gasteiger partial charge on any atom is -0.354 e. The summed E-state index contributed by atoms with van der Waals surface area (Å²) in [7, 11) is 2.04. The monoisotopic (exact) mass is 284 g/mol. The Morgan fingerprint density at radius 1 is 1.19 bits per heavy atom. The van der Waals surface area contributed by atoms with E-state index in [9.17, 15) is 0 Å². The van der Waals surface area contributed by atoms with Gasteiger partial charge in [-0.05, 0) is 30.7 Å². The van der Waals surface area contributed by atoms with E-state index >= 15 is 0 Å². The van der Waals surface area contributed by atoms with Crippen molar-refractivity contribution in [3.63, 3.8) is 0 Å². The van der Waals surface area contributed by atoms with Gasteiger partial charge in [-0.1, -0.05) is 26.0 Å². The summed E-state index contributed by atoms with van der Waals surface area (Å²) in [6, 6.07) is 10.8. The van der Waals surface area contributed by atoms with E-state index in [-0.39, 0.29) is 0 Å². The summed E-state index contributed by atoms with van der Waals surface area (Å²) < 4.78 is 0. The molecule has 21 heavy (non-hydrogen) atoms. The van der Waals surface area contributed by atoms with Gasteiger partial charge in [-0.2, -0.15) is 0 Å². The maximum atomic E-state index is 4.53. The van der Waals surface area contributed by atoms with Crippen molar-refractivity contribution in [2.45, 2.75) is 39.9 Å². The molecule has 0 unspecified atom stereocenters. The molecule has 4 nitrogen and oxygen atoms in total. The van der Waals surface area contributed by atoms with Gasteiger partial charge in [-0.3, -0.25) is 4.98 Å². The Balaban J connectivity index is 1.97. The number of aromatic nitrogens is 2. The molecule has 4 heteroatoms. The molecule has 2 heterocycles. The molecule has 0 saturated heterocycles. The number of rotatable bonds is 6. The van der Waals surface area contributed by atoms with Gasteiger partial charge in [0.1, 0.15) is 5.82 Å². The van der Waals surface area contributed by atoms with Crippen LogP contribution in [0.5, 0.6) is 0 Å². The third kappa shape index (κ3) is 4.83. The zero-order valence-corrected chi connectivity index (χ0v) is 13.3. The van der Waals surface area contributed by atoms with E-state index in [4.69, 9.17) is 0 Å². The Labute approximate surface area is 127 Å². The summed E-state index contributed by atoms with van der Waals surface area (Å²) in [5.41, 5.74) is 3.31. The molecule has 0 amide bonds. The predicted octanol–water partition coefficient (Wildman–Crippen LogP) is 2.92. The van der Waals surface area contributed by atoms with Crippen molar-refractivity contribution in [1.29, 1.82) is 0 Å². The van der Waals surface area contributed by atoms with Crippen LogP contribution in [0.3, 0.4) is 0 Å². The standard InChI is InChI=1S/C17H24N4/c1-13(2)18-10-15-8-9-17(19-11-15)21(4)12-16-7-5-6-14(3)20-16/h5-9,11,13,18H,10,12H2,1-4H3. The number of aryl methyl sites for hydroxylation is 1. The van der Waals surface area contributed by atoms with E-state index in [2.05, 4.69) is 46.2 Å². The molecular formula is C17H24N4. The predicted molar refractivity (Wildman–Crippen MR) is 87.3 cm³/mol. The van der Waals surface area contributed by atoms with Crippen molar-refractivity contribution in [3.8, 4) is 0 Å². The second kappa shape index (κ2) is 7.18. The zero-order chi connectivity index (χ0) is 15.2. The van der Waals surface area contributed by atoms with Crippen molar-refractivity contribution < 1.29 is 0 Å². The minimum absolute atomic E-state index is 0.486. The molecular weight excluding hydrogens is 260 g/mol. The van der Waals surface area contributed by atoms with Gasteiger partial charge in [0.25, 0.3) is 0 Å². The van der Waals surface area contributed by atoms with Gasteiger partial charge < -0.3 is 10.2 Å². The van der Waals surface area contributed by atoms with Gasteiger partial charge in [0, 0.05) is 31.5 Å². The van der Waals surface area contributed by atoms with Crippen LogP contribution >= 0.6 is 0 Å². The normalized spacial score (nSPS) is 10.9. The number of nitrogens with one attached hydrogen (secondary N) is 1. The van der Waals surface area contributed by atoms with Crippen molar-refractivity contribution in [3.05, 3.63) is 53.5 Å². The lowest BCUT2D eigenvalue weighted by Crippen LogP contribution is -2.22. The Kier molecular flexibility index (Phi) is 5.28. The van der Waals surface area contributed by atoms with E-state index in [1.807, 2.05) is 38.4 Å². The molecule has 0 bridgehead atoms. The largest absolute Gasteiger partial charge is 0.354 e. The van der Waals surface area contributed by atoms with Gasteiger partial charge in [0.05, 0.1) is 12.2 Å². The molecule has 0 saturated carbocycles. The van der Waals surface area contributed by atoms with E-state index in [0.29, 0.717) is 6.04 Å². The maximum Gasteiger partial charge on any atom is 0.128 e. The van der Waals surface area contributed by atoms with Gasteiger partial charge in [0.15, 0.2) is 0 Å². The van der Waals surface area contributed by atoms with Crippen LogP contribution in [0.2, 0.25) is 0 Å². The first-order valence-corrected chi connectivity index (χ1v) is 7.36. The molecule has 2 rings (SSSR count). The topological polar surface area (TPSA) is 41.0 Å². The van der Waals surface area contributed by atoms with Crippen LogP contribution < -0.4 is 10.2 Å². The molecule has 0 fully saturated rings. The highest BCUT2D eigenvalue weighted by Crippen LogP contribution is 2.12. The van der Waals surface area contributed by atoms with Crippen LogP contribution in [0.4, 0.5) is 5.82 Å². The highest BCUT2D eigenvalue weighted by Gasteiger charge is 2.05. The average molecular weight is 284 g/mol. The summed E-state index contributed by atoms with van der Waals surface area (Å²) in [4.78, 5) is 11.2. The second-order valence-electron chi connectivity index (χ2n) is 5.69. The van der Waals surface area contributed by atoms with Crippen LogP contribution in [-0.4, -0.2) is 23.1 Å². The molecule has 0 aromatic carbocycles. The Bertz CT molecular complexity index is 563. The fraction of sp³-hybridized carbons (Fsp3) is 0.412. The first kappa shape index (κ1) is 15.4. The quantitative estimate of drug-likeness (QED) is 0.885. The van der Waals surface area contributed by atoms with Gasteiger partial charge in [-0.25, -0.2) is 4.98 Å². The number of hydrogen-bond donors (Lipinski definition) is 1. The number of pyridine rings is 2. The van der Waals surface area contributed by atoms with Crippen LogP contribution in [0.15, 0.2) is 36.5 Å². The minimum atomic E-state index is 0.486. The lowest BCUT2D eigenvalue weighted by molar-refractivity contribution is 0.588. The molecule has 0 spiro atoms. The van der Waals surface area contributed by atoms with E-state index in [1.54, 1.807) is 0 Å². The first-order valence-electron chi connectivity index (χ1n) is 7.36. The summed E-state index contributed by atoms with van der Waals surface area (Å²) in [6.07, 6.45) is 1.94. The lowest BCUT2D eigenvalue weighted by atomic mass is 10.2. The Morgan fingerprint density at radius 3 is 2.62 bits per heavy atom. The van der Waals surface area contributed by atoms with Crippen molar-refractivity contribution in [1.82, 2.24) is 15.3 Å². The molecule has 2 aromatic rings. The fourth-order valence-corrected chi connectivity index (χ4v) is 2.08. The molecule has 0 atom stereocenters. The number of hydrogen-bond acceptors (Lipinski definition) is 4. The molecule has 0 radical (unpaired) electrons. The fourth-order valence-electron chi connectivity index (χ4n) is 2.08. The molecule has 112 valence electrons.